The molecule has 0 saturated heterocycles. The van der Waals surface area contributed by atoms with Crippen LogP contribution in [0.5, 0.6) is 5.75 Å². The largest absolute Gasteiger partial charge is 0.486 e. The van der Waals surface area contributed by atoms with E-state index in [-0.39, 0.29) is 18.2 Å². The molecule has 2 aromatic heterocycles. The van der Waals surface area contributed by atoms with Gasteiger partial charge >= 0.3 is 0 Å². The molecule has 0 unspecified atom stereocenters. The zero-order valence-corrected chi connectivity index (χ0v) is 16.5. The van der Waals surface area contributed by atoms with Gasteiger partial charge in [0.1, 0.15) is 23.9 Å². The monoisotopic (exact) mass is 425 g/mol. The number of halogens is 2. The molecule has 1 N–H and O–H groups in total. The fraction of sp³-hybridized carbons (Fsp3) is 0.0909. The highest BCUT2D eigenvalue weighted by Crippen LogP contribution is 2.19. The summed E-state index contributed by atoms with van der Waals surface area (Å²) in [6, 6.07) is 16.4. The van der Waals surface area contributed by atoms with Crippen LogP contribution in [0.2, 0.25) is 5.02 Å². The molecule has 1 amide bonds. The van der Waals surface area contributed by atoms with Crippen LogP contribution < -0.4 is 10.1 Å². The predicted molar refractivity (Wildman–Crippen MR) is 110 cm³/mol. The van der Waals surface area contributed by atoms with Crippen LogP contribution in [0.3, 0.4) is 0 Å². The van der Waals surface area contributed by atoms with E-state index in [0.29, 0.717) is 28.8 Å². The fourth-order valence-electron chi connectivity index (χ4n) is 2.77. The van der Waals surface area contributed by atoms with Crippen molar-refractivity contribution >= 4 is 23.2 Å². The topological polar surface area (TPSA) is 69.3 Å². The smallest absolute Gasteiger partial charge is 0.291 e. The van der Waals surface area contributed by atoms with Gasteiger partial charge in [-0.3, -0.25) is 9.48 Å². The van der Waals surface area contributed by atoms with Crippen LogP contribution in [-0.4, -0.2) is 15.7 Å². The Morgan fingerprint density at radius 2 is 2.00 bits per heavy atom. The summed E-state index contributed by atoms with van der Waals surface area (Å²) in [6.45, 7) is 0.630. The van der Waals surface area contributed by atoms with Gasteiger partial charge in [-0.25, -0.2) is 4.39 Å². The van der Waals surface area contributed by atoms with E-state index in [1.54, 1.807) is 59.4 Å². The normalized spacial score (nSPS) is 10.7. The first-order chi connectivity index (χ1) is 14.5. The Hall–Kier alpha value is -3.58. The number of nitrogens with one attached hydrogen (secondary N) is 1. The molecular formula is C22H17ClFN3O3. The van der Waals surface area contributed by atoms with Crippen LogP contribution in [0.4, 0.5) is 10.1 Å². The minimum Gasteiger partial charge on any atom is -0.486 e. The van der Waals surface area contributed by atoms with Crippen LogP contribution >= 0.6 is 11.6 Å². The number of amides is 1. The van der Waals surface area contributed by atoms with Gasteiger partial charge in [-0.2, -0.15) is 5.10 Å². The Morgan fingerprint density at radius 3 is 2.80 bits per heavy atom. The zero-order chi connectivity index (χ0) is 20.9. The summed E-state index contributed by atoms with van der Waals surface area (Å²) in [5.41, 5.74) is 1.42. The molecule has 152 valence electrons. The summed E-state index contributed by atoms with van der Waals surface area (Å²) in [5, 5.41) is 7.51. The highest BCUT2D eigenvalue weighted by molar-refractivity contribution is 6.30. The number of carbonyl (C=O) groups is 1. The van der Waals surface area contributed by atoms with Crippen molar-refractivity contribution in [3.8, 4) is 5.75 Å². The summed E-state index contributed by atoms with van der Waals surface area (Å²) >= 11 is 5.92. The van der Waals surface area contributed by atoms with E-state index in [2.05, 4.69) is 10.4 Å². The first-order valence-electron chi connectivity index (χ1n) is 9.10. The molecule has 0 radical (unpaired) electrons. The molecule has 0 aliphatic heterocycles. The van der Waals surface area contributed by atoms with Crippen molar-refractivity contribution in [3.05, 3.63) is 101 Å². The standard InChI is InChI=1S/C22H17ClFN3O3/c23-16-2-1-3-19(10-16)29-14-20-8-9-21(30-20)22(28)26-18-11-25-27(13-18)12-15-4-6-17(24)7-5-15/h1-11,13H,12,14H2,(H,26,28). The minimum absolute atomic E-state index is 0.158. The van der Waals surface area contributed by atoms with Gasteiger partial charge < -0.3 is 14.5 Å². The molecule has 30 heavy (non-hydrogen) atoms. The number of furan rings is 1. The third-order valence-corrected chi connectivity index (χ3v) is 4.45. The molecule has 4 rings (SSSR count). The molecule has 0 bridgehead atoms. The van der Waals surface area contributed by atoms with E-state index in [0.717, 1.165) is 5.56 Å². The number of nitrogens with zero attached hydrogens (tertiary/aromatic N) is 2. The van der Waals surface area contributed by atoms with Crippen LogP contribution in [0.15, 0.2) is 77.5 Å². The highest BCUT2D eigenvalue weighted by atomic mass is 35.5. The van der Waals surface area contributed by atoms with E-state index in [9.17, 15) is 9.18 Å². The number of hydrogen-bond acceptors (Lipinski definition) is 4. The number of anilines is 1. The van der Waals surface area contributed by atoms with Gasteiger partial charge in [0.25, 0.3) is 5.91 Å². The Kier molecular flexibility index (Phi) is 5.81. The number of ether oxygens (including phenoxy) is 1. The zero-order valence-electron chi connectivity index (χ0n) is 15.7. The molecule has 6 nitrogen and oxygen atoms in total. The van der Waals surface area contributed by atoms with E-state index in [4.69, 9.17) is 20.8 Å². The second-order valence-electron chi connectivity index (χ2n) is 6.52. The van der Waals surface area contributed by atoms with Crippen molar-refractivity contribution in [2.24, 2.45) is 0 Å². The lowest BCUT2D eigenvalue weighted by molar-refractivity contribution is 0.0992. The summed E-state index contributed by atoms with van der Waals surface area (Å²) < 4.78 is 25.8. The van der Waals surface area contributed by atoms with Gasteiger partial charge in [0.2, 0.25) is 0 Å². The molecule has 0 spiro atoms. The second kappa shape index (κ2) is 8.84. The molecule has 0 saturated carbocycles. The van der Waals surface area contributed by atoms with E-state index < -0.39 is 5.91 Å². The minimum atomic E-state index is -0.398. The van der Waals surface area contributed by atoms with Crippen molar-refractivity contribution in [2.45, 2.75) is 13.2 Å². The lowest BCUT2D eigenvalue weighted by Gasteiger charge is -2.04. The lowest BCUT2D eigenvalue weighted by atomic mass is 10.2. The SMILES string of the molecule is O=C(Nc1cnn(Cc2ccc(F)cc2)c1)c1ccc(COc2cccc(Cl)c2)o1. The van der Waals surface area contributed by atoms with Gasteiger partial charge in [0, 0.05) is 11.2 Å². The summed E-state index contributed by atoms with van der Waals surface area (Å²) in [6.07, 6.45) is 3.22. The molecule has 2 heterocycles. The molecule has 0 atom stereocenters. The van der Waals surface area contributed by atoms with Gasteiger partial charge in [0.15, 0.2) is 5.76 Å². The highest BCUT2D eigenvalue weighted by Gasteiger charge is 2.13. The summed E-state index contributed by atoms with van der Waals surface area (Å²) in [7, 11) is 0. The van der Waals surface area contributed by atoms with E-state index in [1.165, 1.54) is 18.3 Å². The molecule has 0 aliphatic carbocycles. The molecule has 4 aromatic rings. The third-order valence-electron chi connectivity index (χ3n) is 4.21. The van der Waals surface area contributed by atoms with Crippen LogP contribution in [-0.2, 0) is 13.2 Å². The van der Waals surface area contributed by atoms with Gasteiger partial charge in [0.05, 0.1) is 18.4 Å². The Balaban J connectivity index is 1.33. The number of rotatable bonds is 7. The number of carbonyl (C=O) groups excluding carboxylic acids is 1. The van der Waals surface area contributed by atoms with Gasteiger partial charge in [-0.15, -0.1) is 0 Å². The molecule has 0 aliphatic rings. The Morgan fingerprint density at radius 1 is 1.17 bits per heavy atom. The molecular weight excluding hydrogens is 409 g/mol. The lowest BCUT2D eigenvalue weighted by Crippen LogP contribution is -2.10. The number of hydrogen-bond donors (Lipinski definition) is 1. The van der Waals surface area contributed by atoms with Crippen molar-refractivity contribution in [3.63, 3.8) is 0 Å². The summed E-state index contributed by atoms with van der Waals surface area (Å²) in [5.74, 6) is 0.588. The first-order valence-corrected chi connectivity index (χ1v) is 9.48. The summed E-state index contributed by atoms with van der Waals surface area (Å²) in [4.78, 5) is 12.4. The third kappa shape index (κ3) is 5.07. The maximum Gasteiger partial charge on any atom is 0.291 e. The predicted octanol–water partition coefficient (Wildman–Crippen LogP) is 5.15. The Bertz CT molecular complexity index is 1150. The first kappa shape index (κ1) is 19.7. The van der Waals surface area contributed by atoms with Crippen LogP contribution in [0.1, 0.15) is 21.9 Å². The van der Waals surface area contributed by atoms with Crippen LogP contribution in [0, 0.1) is 5.82 Å². The average molecular weight is 426 g/mol. The van der Waals surface area contributed by atoms with E-state index >= 15 is 0 Å². The van der Waals surface area contributed by atoms with Gasteiger partial charge in [-0.1, -0.05) is 29.8 Å². The maximum absolute atomic E-state index is 13.0. The van der Waals surface area contributed by atoms with Crippen molar-refractivity contribution in [1.29, 1.82) is 0 Å². The second-order valence-corrected chi connectivity index (χ2v) is 6.96. The fourth-order valence-corrected chi connectivity index (χ4v) is 2.95. The van der Waals surface area contributed by atoms with Crippen molar-refractivity contribution in [2.75, 3.05) is 5.32 Å². The van der Waals surface area contributed by atoms with Crippen molar-refractivity contribution in [1.82, 2.24) is 9.78 Å². The Labute approximate surface area is 176 Å². The number of aromatic nitrogens is 2. The van der Waals surface area contributed by atoms with Gasteiger partial charge in [-0.05, 0) is 48.0 Å². The molecule has 8 heteroatoms. The molecule has 0 fully saturated rings. The molecule has 2 aromatic carbocycles. The maximum atomic E-state index is 13.0. The number of benzene rings is 2. The van der Waals surface area contributed by atoms with Crippen molar-refractivity contribution < 1.29 is 18.3 Å². The van der Waals surface area contributed by atoms with E-state index in [1.807, 2.05) is 0 Å². The quantitative estimate of drug-likeness (QED) is 0.444. The van der Waals surface area contributed by atoms with Crippen LogP contribution in [0.25, 0.3) is 0 Å². The average Bonchev–Trinajstić information content (AvgIpc) is 3.38.